The highest BCUT2D eigenvalue weighted by Gasteiger charge is 2.04. The topological polar surface area (TPSA) is 81.7 Å². The zero-order valence-corrected chi connectivity index (χ0v) is 11.8. The normalized spacial score (nSPS) is 10.3. The molecule has 0 aliphatic heterocycles. The molecule has 1 aromatic carbocycles. The fourth-order valence-electron chi connectivity index (χ4n) is 1.64. The Labute approximate surface area is 118 Å². The lowest BCUT2D eigenvalue weighted by atomic mass is 10.1. The van der Waals surface area contributed by atoms with Gasteiger partial charge >= 0.3 is 12.0 Å². The van der Waals surface area contributed by atoms with Crippen molar-refractivity contribution in [2.75, 3.05) is 33.7 Å². The molecule has 110 valence electrons. The number of carbonyl (C=O) groups excluding carboxylic acids is 1. The summed E-state index contributed by atoms with van der Waals surface area (Å²) < 4.78 is 0. The van der Waals surface area contributed by atoms with Crippen molar-refractivity contribution >= 4 is 12.0 Å². The van der Waals surface area contributed by atoms with Crippen LogP contribution in [0.2, 0.25) is 0 Å². The maximum atomic E-state index is 11.5. The number of urea groups is 1. The summed E-state index contributed by atoms with van der Waals surface area (Å²) in [4.78, 5) is 24.3. The van der Waals surface area contributed by atoms with Crippen LogP contribution in [0.3, 0.4) is 0 Å². The van der Waals surface area contributed by atoms with E-state index >= 15 is 0 Å². The second kappa shape index (κ2) is 8.16. The van der Waals surface area contributed by atoms with Gasteiger partial charge in [0.25, 0.3) is 0 Å². The number of carboxylic acids is 1. The van der Waals surface area contributed by atoms with E-state index in [9.17, 15) is 9.59 Å². The predicted molar refractivity (Wildman–Crippen MR) is 77.1 cm³/mol. The minimum absolute atomic E-state index is 0.207. The minimum Gasteiger partial charge on any atom is -0.478 e. The number of benzene rings is 1. The van der Waals surface area contributed by atoms with Gasteiger partial charge in [-0.2, -0.15) is 0 Å². The first-order chi connectivity index (χ1) is 9.49. The van der Waals surface area contributed by atoms with Gasteiger partial charge in [-0.1, -0.05) is 12.1 Å². The van der Waals surface area contributed by atoms with Crippen LogP contribution in [0.5, 0.6) is 0 Å². The van der Waals surface area contributed by atoms with Gasteiger partial charge in [-0.15, -0.1) is 0 Å². The second-order valence-electron chi connectivity index (χ2n) is 4.74. The van der Waals surface area contributed by atoms with Gasteiger partial charge in [0.05, 0.1) is 5.56 Å². The van der Waals surface area contributed by atoms with Gasteiger partial charge < -0.3 is 20.6 Å². The van der Waals surface area contributed by atoms with Crippen molar-refractivity contribution in [2.24, 2.45) is 0 Å². The number of carbonyl (C=O) groups is 2. The molecule has 0 heterocycles. The van der Waals surface area contributed by atoms with E-state index < -0.39 is 5.97 Å². The molecule has 1 rings (SSSR count). The first-order valence-electron chi connectivity index (χ1n) is 6.47. The number of likely N-dealkylation sites (N-methyl/N-ethyl adjacent to an activating group) is 1. The molecule has 0 unspecified atom stereocenters. The Balaban J connectivity index is 2.28. The zero-order chi connectivity index (χ0) is 15.0. The third kappa shape index (κ3) is 6.19. The predicted octanol–water partition coefficient (Wildman–Crippen LogP) is 0.788. The Kier molecular flexibility index (Phi) is 6.52. The molecule has 0 fully saturated rings. The van der Waals surface area contributed by atoms with Crippen molar-refractivity contribution in [3.05, 3.63) is 35.4 Å². The Morgan fingerprint density at radius 3 is 2.55 bits per heavy atom. The summed E-state index contributed by atoms with van der Waals surface area (Å²) in [5, 5.41) is 14.4. The molecule has 0 saturated heterocycles. The molecule has 0 atom stereocenters. The summed E-state index contributed by atoms with van der Waals surface area (Å²) in [6.07, 6.45) is 0.599. The summed E-state index contributed by atoms with van der Waals surface area (Å²) in [5.41, 5.74) is 1.15. The summed E-state index contributed by atoms with van der Waals surface area (Å²) in [7, 11) is 3.88. The van der Waals surface area contributed by atoms with E-state index in [0.717, 1.165) is 12.1 Å². The molecule has 0 spiro atoms. The molecule has 0 aliphatic carbocycles. The van der Waals surface area contributed by atoms with Gasteiger partial charge in [0.1, 0.15) is 0 Å². The Morgan fingerprint density at radius 2 is 1.90 bits per heavy atom. The number of nitrogens with one attached hydrogen (secondary N) is 2. The molecule has 0 radical (unpaired) electrons. The third-order valence-electron chi connectivity index (χ3n) is 2.72. The number of rotatable bonds is 7. The molecule has 0 saturated carbocycles. The number of hydrogen-bond donors (Lipinski definition) is 3. The van der Waals surface area contributed by atoms with Crippen LogP contribution in [0.15, 0.2) is 24.3 Å². The minimum atomic E-state index is -0.943. The van der Waals surface area contributed by atoms with E-state index in [1.54, 1.807) is 18.2 Å². The van der Waals surface area contributed by atoms with Gasteiger partial charge in [0.15, 0.2) is 0 Å². The van der Waals surface area contributed by atoms with E-state index in [1.807, 2.05) is 25.1 Å². The monoisotopic (exact) mass is 279 g/mol. The maximum absolute atomic E-state index is 11.5. The second-order valence-corrected chi connectivity index (χ2v) is 4.74. The molecule has 0 aromatic heterocycles. The van der Waals surface area contributed by atoms with E-state index in [0.29, 0.717) is 19.5 Å². The quantitative estimate of drug-likeness (QED) is 0.689. The Hall–Kier alpha value is -2.08. The summed E-state index contributed by atoms with van der Waals surface area (Å²) >= 11 is 0. The molecule has 1 aromatic rings. The van der Waals surface area contributed by atoms with Crippen molar-refractivity contribution in [1.29, 1.82) is 0 Å². The van der Waals surface area contributed by atoms with Crippen LogP contribution in [-0.4, -0.2) is 55.7 Å². The fourth-order valence-corrected chi connectivity index (χ4v) is 1.64. The van der Waals surface area contributed by atoms with Gasteiger partial charge in [0, 0.05) is 19.6 Å². The summed E-state index contributed by atoms with van der Waals surface area (Å²) in [6, 6.07) is 6.51. The smallest absolute Gasteiger partial charge is 0.335 e. The van der Waals surface area contributed by atoms with Gasteiger partial charge in [-0.25, -0.2) is 9.59 Å². The van der Waals surface area contributed by atoms with Gasteiger partial charge in [-0.05, 0) is 38.2 Å². The zero-order valence-electron chi connectivity index (χ0n) is 11.8. The van der Waals surface area contributed by atoms with Crippen molar-refractivity contribution in [3.63, 3.8) is 0 Å². The lowest BCUT2D eigenvalue weighted by molar-refractivity contribution is 0.0696. The molecule has 6 nitrogen and oxygen atoms in total. The fraction of sp³-hybridized carbons (Fsp3) is 0.429. The highest BCUT2D eigenvalue weighted by atomic mass is 16.4. The van der Waals surface area contributed by atoms with Crippen molar-refractivity contribution in [3.8, 4) is 0 Å². The van der Waals surface area contributed by atoms with Crippen LogP contribution < -0.4 is 10.6 Å². The first kappa shape index (κ1) is 16.0. The number of carboxylic acid groups (broad SMARTS) is 1. The van der Waals surface area contributed by atoms with Crippen LogP contribution in [0.25, 0.3) is 0 Å². The first-order valence-corrected chi connectivity index (χ1v) is 6.47. The average molecular weight is 279 g/mol. The van der Waals surface area contributed by atoms with Gasteiger partial charge in [0.2, 0.25) is 0 Å². The van der Waals surface area contributed by atoms with Gasteiger partial charge in [-0.3, -0.25) is 0 Å². The van der Waals surface area contributed by atoms with E-state index in [2.05, 4.69) is 10.6 Å². The molecule has 0 bridgehead atoms. The molecule has 6 heteroatoms. The van der Waals surface area contributed by atoms with E-state index in [4.69, 9.17) is 5.11 Å². The summed E-state index contributed by atoms with van der Waals surface area (Å²) in [5.74, 6) is -0.943. The lowest BCUT2D eigenvalue weighted by Gasteiger charge is -2.11. The molecular weight excluding hydrogens is 258 g/mol. The average Bonchev–Trinajstić information content (AvgIpc) is 2.38. The summed E-state index contributed by atoms with van der Waals surface area (Å²) in [6.45, 7) is 1.85. The SMILES string of the molecule is CN(C)CCNC(=O)NCCc1cccc(C(=O)O)c1. The Morgan fingerprint density at radius 1 is 1.20 bits per heavy atom. The van der Waals surface area contributed by atoms with E-state index in [1.165, 1.54) is 0 Å². The number of amides is 2. The van der Waals surface area contributed by atoms with Crippen LogP contribution in [0, 0.1) is 0 Å². The lowest BCUT2D eigenvalue weighted by Crippen LogP contribution is -2.39. The van der Waals surface area contributed by atoms with Crippen LogP contribution in [-0.2, 0) is 6.42 Å². The maximum Gasteiger partial charge on any atom is 0.335 e. The molecule has 20 heavy (non-hydrogen) atoms. The van der Waals surface area contributed by atoms with Crippen molar-refractivity contribution in [1.82, 2.24) is 15.5 Å². The molecule has 2 amide bonds. The molecule has 3 N–H and O–H groups in total. The van der Waals surface area contributed by atoms with E-state index in [-0.39, 0.29) is 11.6 Å². The third-order valence-corrected chi connectivity index (χ3v) is 2.72. The van der Waals surface area contributed by atoms with Crippen molar-refractivity contribution in [2.45, 2.75) is 6.42 Å². The Bertz CT molecular complexity index is 461. The highest BCUT2D eigenvalue weighted by Crippen LogP contribution is 2.05. The number of aromatic carboxylic acids is 1. The highest BCUT2D eigenvalue weighted by molar-refractivity contribution is 5.87. The van der Waals surface area contributed by atoms with Crippen LogP contribution in [0.4, 0.5) is 4.79 Å². The van der Waals surface area contributed by atoms with Crippen LogP contribution in [0.1, 0.15) is 15.9 Å². The van der Waals surface area contributed by atoms with Crippen molar-refractivity contribution < 1.29 is 14.7 Å². The largest absolute Gasteiger partial charge is 0.478 e. The standard InChI is InChI=1S/C14H21N3O3/c1-17(2)9-8-16-14(20)15-7-6-11-4-3-5-12(10-11)13(18)19/h3-5,10H,6-9H2,1-2H3,(H,18,19)(H2,15,16,20). The molecular formula is C14H21N3O3. The number of hydrogen-bond acceptors (Lipinski definition) is 3. The molecule has 0 aliphatic rings. The van der Waals surface area contributed by atoms with Crippen LogP contribution >= 0.6 is 0 Å². The number of nitrogens with zero attached hydrogens (tertiary/aromatic N) is 1.